The van der Waals surface area contributed by atoms with Crippen molar-refractivity contribution >= 4 is 15.9 Å². The van der Waals surface area contributed by atoms with Crippen molar-refractivity contribution in [3.8, 4) is 28.8 Å². The topological polar surface area (TPSA) is 120 Å². The molecule has 38 heavy (non-hydrogen) atoms. The molecule has 0 aliphatic rings. The number of aromatic nitrogens is 3. The summed E-state index contributed by atoms with van der Waals surface area (Å²) >= 11 is 0. The van der Waals surface area contributed by atoms with Gasteiger partial charge in [0, 0.05) is 17.3 Å². The number of carbonyl (C=O) groups excluding carboxylic acids is 1. The van der Waals surface area contributed by atoms with Gasteiger partial charge in [0.25, 0.3) is 15.9 Å². The van der Waals surface area contributed by atoms with Gasteiger partial charge in [-0.2, -0.15) is 8.42 Å². The quantitative estimate of drug-likeness (QED) is 0.357. The Balaban J connectivity index is 1.81. The van der Waals surface area contributed by atoms with Crippen LogP contribution < -0.4 is 14.2 Å². The Morgan fingerprint density at radius 1 is 0.974 bits per heavy atom. The van der Waals surface area contributed by atoms with Gasteiger partial charge < -0.3 is 9.47 Å². The van der Waals surface area contributed by atoms with Gasteiger partial charge in [0.1, 0.15) is 11.3 Å². The molecule has 0 atom stereocenters. The Morgan fingerprint density at radius 2 is 1.68 bits per heavy atom. The molecule has 1 amide bonds. The second kappa shape index (κ2) is 10.5. The molecule has 0 bridgehead atoms. The molecule has 0 aliphatic heterocycles. The number of aryl methyl sites for hydroxylation is 4. The lowest BCUT2D eigenvalue weighted by Gasteiger charge is -2.16. The molecule has 0 fully saturated rings. The van der Waals surface area contributed by atoms with Crippen LogP contribution in [0.3, 0.4) is 0 Å². The summed E-state index contributed by atoms with van der Waals surface area (Å²) in [7, 11) is -2.90. The summed E-state index contributed by atoms with van der Waals surface area (Å²) in [5.41, 5.74) is 3.03. The SMILES string of the molecule is COc1cc(-c2ccc(C(=O)NS(=O)(=O)c3cccc(C)n3)c(Oc3c(C)cc(C)cc3C)n2)c(F)cn1. The normalized spacial score (nSPS) is 11.2. The monoisotopic (exact) mass is 536 g/mol. The lowest BCUT2D eigenvalue weighted by molar-refractivity contribution is 0.0978. The molecule has 9 nitrogen and oxygen atoms in total. The summed E-state index contributed by atoms with van der Waals surface area (Å²) in [5, 5.41) is -0.311. The van der Waals surface area contributed by atoms with E-state index in [2.05, 4.69) is 15.0 Å². The average molecular weight is 537 g/mol. The molecule has 196 valence electrons. The third kappa shape index (κ3) is 5.62. The van der Waals surface area contributed by atoms with Crippen molar-refractivity contribution in [1.29, 1.82) is 0 Å². The van der Waals surface area contributed by atoms with Crippen molar-refractivity contribution in [3.63, 3.8) is 0 Å². The summed E-state index contributed by atoms with van der Waals surface area (Å²) in [5.74, 6) is -1.27. The van der Waals surface area contributed by atoms with Crippen molar-refractivity contribution in [2.75, 3.05) is 7.11 Å². The fourth-order valence-electron chi connectivity index (χ4n) is 3.89. The summed E-state index contributed by atoms with van der Waals surface area (Å²) in [6, 6.07) is 12.3. The molecule has 0 spiro atoms. The largest absolute Gasteiger partial charge is 0.481 e. The van der Waals surface area contributed by atoms with Gasteiger partial charge in [-0.05, 0) is 63.1 Å². The first-order valence-electron chi connectivity index (χ1n) is 11.5. The lowest BCUT2D eigenvalue weighted by Crippen LogP contribution is -2.31. The van der Waals surface area contributed by atoms with E-state index in [1.807, 2.05) is 37.6 Å². The van der Waals surface area contributed by atoms with Gasteiger partial charge in [0.15, 0.2) is 10.8 Å². The van der Waals surface area contributed by atoms with Crippen molar-refractivity contribution in [3.05, 3.63) is 88.5 Å². The van der Waals surface area contributed by atoms with E-state index in [1.54, 1.807) is 13.0 Å². The Hall–Kier alpha value is -4.38. The van der Waals surface area contributed by atoms with E-state index in [1.165, 1.54) is 37.4 Å². The summed E-state index contributed by atoms with van der Waals surface area (Å²) in [6.45, 7) is 7.24. The Bertz CT molecular complexity index is 1630. The molecular formula is C27H25FN4O5S. The number of halogens is 1. The maximum atomic E-state index is 14.7. The van der Waals surface area contributed by atoms with Crippen LogP contribution in [0.2, 0.25) is 0 Å². The van der Waals surface area contributed by atoms with Crippen molar-refractivity contribution in [1.82, 2.24) is 19.7 Å². The van der Waals surface area contributed by atoms with Gasteiger partial charge >= 0.3 is 0 Å². The van der Waals surface area contributed by atoms with Crippen LogP contribution in [-0.4, -0.2) is 36.4 Å². The maximum Gasteiger partial charge on any atom is 0.281 e. The van der Waals surface area contributed by atoms with Crippen LogP contribution >= 0.6 is 0 Å². The van der Waals surface area contributed by atoms with E-state index >= 15 is 0 Å². The molecule has 0 saturated heterocycles. The number of carbonyl (C=O) groups is 1. The van der Waals surface area contributed by atoms with E-state index in [0.29, 0.717) is 11.4 Å². The predicted molar refractivity (Wildman–Crippen MR) is 138 cm³/mol. The number of nitrogens with one attached hydrogen (secondary N) is 1. The molecule has 1 aromatic carbocycles. The van der Waals surface area contributed by atoms with Gasteiger partial charge in [-0.15, -0.1) is 0 Å². The third-order valence-electron chi connectivity index (χ3n) is 5.59. The van der Waals surface area contributed by atoms with Crippen molar-refractivity contribution in [2.24, 2.45) is 0 Å². The molecule has 0 unspecified atom stereocenters. The molecule has 0 radical (unpaired) electrons. The third-order valence-corrected chi connectivity index (χ3v) is 6.82. The highest BCUT2D eigenvalue weighted by Gasteiger charge is 2.25. The summed E-state index contributed by atoms with van der Waals surface area (Å²) in [4.78, 5) is 25.4. The number of hydrogen-bond acceptors (Lipinski definition) is 8. The number of amides is 1. The summed E-state index contributed by atoms with van der Waals surface area (Å²) < 4.78 is 53.6. The number of nitrogens with zero attached hydrogens (tertiary/aromatic N) is 3. The number of hydrogen-bond donors (Lipinski definition) is 1. The molecule has 11 heteroatoms. The van der Waals surface area contributed by atoms with Crippen LogP contribution in [-0.2, 0) is 10.0 Å². The number of pyridine rings is 3. The van der Waals surface area contributed by atoms with Crippen LogP contribution in [0.25, 0.3) is 11.3 Å². The molecule has 3 heterocycles. The predicted octanol–water partition coefficient (Wildman–Crippen LogP) is 4.83. The Kier molecular flexibility index (Phi) is 7.40. The van der Waals surface area contributed by atoms with E-state index in [9.17, 15) is 17.6 Å². The number of ether oxygens (including phenoxy) is 2. The smallest absolute Gasteiger partial charge is 0.281 e. The molecule has 3 aromatic heterocycles. The second-order valence-electron chi connectivity index (χ2n) is 8.64. The van der Waals surface area contributed by atoms with Crippen LogP contribution in [0.15, 0.2) is 59.8 Å². The zero-order valence-electron chi connectivity index (χ0n) is 21.4. The number of rotatable bonds is 7. The lowest BCUT2D eigenvalue weighted by atomic mass is 10.1. The second-order valence-corrected chi connectivity index (χ2v) is 10.3. The minimum Gasteiger partial charge on any atom is -0.481 e. The zero-order chi connectivity index (χ0) is 27.6. The van der Waals surface area contributed by atoms with E-state index in [-0.39, 0.29) is 33.6 Å². The first-order chi connectivity index (χ1) is 18.0. The molecule has 0 aliphatic carbocycles. The molecular weight excluding hydrogens is 511 g/mol. The van der Waals surface area contributed by atoms with Gasteiger partial charge in [0.05, 0.1) is 19.0 Å². The first kappa shape index (κ1) is 26.7. The highest BCUT2D eigenvalue weighted by atomic mass is 32.2. The highest BCUT2D eigenvalue weighted by Crippen LogP contribution is 2.33. The molecule has 4 rings (SSSR count). The average Bonchev–Trinajstić information content (AvgIpc) is 2.86. The van der Waals surface area contributed by atoms with Crippen LogP contribution in [0.5, 0.6) is 17.5 Å². The summed E-state index contributed by atoms with van der Waals surface area (Å²) in [6.07, 6.45) is 0.993. The van der Waals surface area contributed by atoms with Crippen molar-refractivity contribution < 1.29 is 27.1 Å². The molecule has 4 aromatic rings. The van der Waals surface area contributed by atoms with E-state index < -0.39 is 21.7 Å². The van der Waals surface area contributed by atoms with Gasteiger partial charge in [-0.3, -0.25) is 4.79 Å². The first-order valence-corrected chi connectivity index (χ1v) is 12.9. The number of benzene rings is 1. The van der Waals surface area contributed by atoms with Crippen molar-refractivity contribution in [2.45, 2.75) is 32.7 Å². The number of sulfonamides is 1. The standard InChI is InChI=1S/C27H25FN4O5S/c1-15-11-16(2)25(17(3)12-15)37-27-19(26(33)32-38(34,35)24-8-6-7-18(4)30-24)9-10-22(31-27)20-13-23(36-5)29-14-21(20)28/h6-14H,1-5H3,(H,32,33). The van der Waals surface area contributed by atoms with Crippen LogP contribution in [0.4, 0.5) is 4.39 Å². The molecule has 0 saturated carbocycles. The van der Waals surface area contributed by atoms with Gasteiger partial charge in [-0.25, -0.2) is 24.1 Å². The Labute approximate surface area is 219 Å². The minimum atomic E-state index is -4.30. The fourth-order valence-corrected chi connectivity index (χ4v) is 4.87. The van der Waals surface area contributed by atoms with Crippen LogP contribution in [0.1, 0.15) is 32.7 Å². The maximum absolute atomic E-state index is 14.7. The van der Waals surface area contributed by atoms with Gasteiger partial charge in [0.2, 0.25) is 11.8 Å². The minimum absolute atomic E-state index is 0.0580. The van der Waals surface area contributed by atoms with E-state index in [0.717, 1.165) is 22.9 Å². The van der Waals surface area contributed by atoms with E-state index in [4.69, 9.17) is 9.47 Å². The number of methoxy groups -OCH3 is 1. The molecule has 1 N–H and O–H groups in total. The Morgan fingerprint density at radius 3 is 2.34 bits per heavy atom. The fraction of sp³-hybridized carbons (Fsp3) is 0.185. The van der Waals surface area contributed by atoms with Crippen LogP contribution in [0, 0.1) is 33.5 Å². The van der Waals surface area contributed by atoms with Gasteiger partial charge in [-0.1, -0.05) is 23.8 Å². The zero-order valence-corrected chi connectivity index (χ0v) is 22.2. The highest BCUT2D eigenvalue weighted by molar-refractivity contribution is 7.90.